The van der Waals surface area contributed by atoms with Gasteiger partial charge in [-0.1, -0.05) is 36.9 Å². The summed E-state index contributed by atoms with van der Waals surface area (Å²) in [4.78, 5) is 12.9. The number of allylic oxidation sites excluding steroid dienone is 1. The molecule has 3 rings (SSSR count). The van der Waals surface area contributed by atoms with Crippen LogP contribution in [0.15, 0.2) is 35.1 Å². The van der Waals surface area contributed by atoms with E-state index < -0.39 is 0 Å². The molecule has 1 heterocycles. The second kappa shape index (κ2) is 9.27. The Balaban J connectivity index is 1.85. The number of benzene rings is 1. The molecule has 0 atom stereocenters. The van der Waals surface area contributed by atoms with Gasteiger partial charge in [0.1, 0.15) is 10.9 Å². The van der Waals surface area contributed by atoms with Gasteiger partial charge in [-0.05, 0) is 68.4 Å². The maximum atomic E-state index is 6.18. The topological polar surface area (TPSA) is 102 Å². The van der Waals surface area contributed by atoms with E-state index in [1.165, 1.54) is 55.0 Å². The van der Waals surface area contributed by atoms with Gasteiger partial charge in [-0.15, -0.1) is 0 Å². The Kier molecular flexibility index (Phi) is 6.75. The number of nitrogens with one attached hydrogen (secondary N) is 1. The van der Waals surface area contributed by atoms with Crippen molar-refractivity contribution in [2.45, 2.75) is 58.8 Å². The molecule has 0 amide bonds. The molecule has 1 aromatic heterocycles. The van der Waals surface area contributed by atoms with Crippen LogP contribution in [-0.2, 0) is 0 Å². The number of hydrogen-bond acceptors (Lipinski definition) is 5. The highest BCUT2D eigenvalue weighted by molar-refractivity contribution is 6.32. The summed E-state index contributed by atoms with van der Waals surface area (Å²) < 4.78 is 0. The smallest absolute Gasteiger partial charge is 0.229 e. The summed E-state index contributed by atoms with van der Waals surface area (Å²) in [5.74, 6) is 1.63. The van der Waals surface area contributed by atoms with Gasteiger partial charge in [0, 0.05) is 11.4 Å². The highest BCUT2D eigenvalue weighted by Crippen LogP contribution is 2.36. The molecule has 1 aromatic carbocycles. The summed E-state index contributed by atoms with van der Waals surface area (Å²) >= 11 is 6.18. The largest absolute Gasteiger partial charge is 0.402 e. The Morgan fingerprint density at radius 2 is 1.90 bits per heavy atom. The maximum absolute atomic E-state index is 6.18. The molecule has 5 N–H and O–H groups in total. The minimum Gasteiger partial charge on any atom is -0.402 e. The van der Waals surface area contributed by atoms with Crippen LogP contribution in [0.3, 0.4) is 0 Å². The Bertz CT molecular complexity index is 941. The van der Waals surface area contributed by atoms with Crippen LogP contribution in [-0.4, -0.2) is 15.8 Å². The van der Waals surface area contributed by atoms with Crippen molar-refractivity contribution in [3.8, 4) is 0 Å². The predicted molar refractivity (Wildman–Crippen MR) is 121 cm³/mol. The van der Waals surface area contributed by atoms with Gasteiger partial charge in [-0.2, -0.15) is 4.98 Å². The molecular formula is C22H29ClN6. The van der Waals surface area contributed by atoms with Gasteiger partial charge in [0.15, 0.2) is 5.82 Å². The SMILES string of the molecule is C/C(N)=C/C(N)=Nc1nc(Nc2cc(C)c(C3CCCCC3)cc2C)ncc1Cl. The number of rotatable bonds is 5. The fourth-order valence-electron chi connectivity index (χ4n) is 3.83. The van der Waals surface area contributed by atoms with Crippen LogP contribution in [0.2, 0.25) is 5.02 Å². The summed E-state index contributed by atoms with van der Waals surface area (Å²) in [5, 5.41) is 3.62. The summed E-state index contributed by atoms with van der Waals surface area (Å²) in [7, 11) is 0. The van der Waals surface area contributed by atoms with E-state index in [9.17, 15) is 0 Å². The summed E-state index contributed by atoms with van der Waals surface area (Å²) in [6, 6.07) is 4.48. The van der Waals surface area contributed by atoms with E-state index in [0.29, 0.717) is 28.4 Å². The fraction of sp³-hybridized carbons (Fsp3) is 0.409. The second-order valence-electron chi connectivity index (χ2n) is 7.77. The van der Waals surface area contributed by atoms with Gasteiger partial charge in [0.25, 0.3) is 0 Å². The zero-order valence-electron chi connectivity index (χ0n) is 17.3. The van der Waals surface area contributed by atoms with E-state index >= 15 is 0 Å². The molecular weight excluding hydrogens is 384 g/mol. The lowest BCUT2D eigenvalue weighted by atomic mass is 9.81. The van der Waals surface area contributed by atoms with E-state index in [1.54, 1.807) is 13.0 Å². The quantitative estimate of drug-likeness (QED) is 0.451. The Labute approximate surface area is 177 Å². The Morgan fingerprint density at radius 1 is 1.17 bits per heavy atom. The number of aliphatic imine (C=N–C) groups is 1. The van der Waals surface area contributed by atoms with Crippen LogP contribution in [0.1, 0.15) is 61.6 Å². The number of nitrogens with zero attached hydrogens (tertiary/aromatic N) is 3. The highest BCUT2D eigenvalue weighted by Gasteiger charge is 2.18. The van der Waals surface area contributed by atoms with Gasteiger partial charge in [0.05, 0.1) is 6.20 Å². The molecule has 29 heavy (non-hydrogen) atoms. The Hall–Kier alpha value is -2.60. The monoisotopic (exact) mass is 412 g/mol. The first-order valence-electron chi connectivity index (χ1n) is 10.0. The molecule has 0 bridgehead atoms. The van der Waals surface area contributed by atoms with Crippen LogP contribution in [0.4, 0.5) is 17.5 Å². The number of aromatic nitrogens is 2. The zero-order valence-corrected chi connectivity index (χ0v) is 18.1. The Morgan fingerprint density at radius 3 is 2.59 bits per heavy atom. The van der Waals surface area contributed by atoms with Crippen molar-refractivity contribution in [1.82, 2.24) is 9.97 Å². The molecule has 0 spiro atoms. The van der Waals surface area contributed by atoms with Crippen LogP contribution in [0.25, 0.3) is 0 Å². The van der Waals surface area contributed by atoms with Crippen molar-refractivity contribution in [2.24, 2.45) is 16.5 Å². The molecule has 7 heteroatoms. The van der Waals surface area contributed by atoms with Crippen molar-refractivity contribution in [3.05, 3.63) is 51.8 Å². The van der Waals surface area contributed by atoms with Gasteiger partial charge < -0.3 is 16.8 Å². The summed E-state index contributed by atoms with van der Waals surface area (Å²) in [6.07, 6.45) is 9.65. The van der Waals surface area contributed by atoms with Crippen LogP contribution in [0, 0.1) is 13.8 Å². The van der Waals surface area contributed by atoms with Gasteiger partial charge in [0.2, 0.25) is 5.95 Å². The maximum Gasteiger partial charge on any atom is 0.229 e. The summed E-state index contributed by atoms with van der Waals surface area (Å²) in [6.45, 7) is 6.02. The first-order chi connectivity index (χ1) is 13.8. The summed E-state index contributed by atoms with van der Waals surface area (Å²) in [5.41, 5.74) is 17.0. The van der Waals surface area contributed by atoms with Crippen LogP contribution >= 0.6 is 11.6 Å². The van der Waals surface area contributed by atoms with Crippen molar-refractivity contribution in [2.75, 3.05) is 5.32 Å². The minimum absolute atomic E-state index is 0.236. The average molecular weight is 413 g/mol. The molecule has 2 aromatic rings. The molecule has 1 aliphatic carbocycles. The van der Waals surface area contributed by atoms with Crippen molar-refractivity contribution >= 4 is 34.9 Å². The number of anilines is 2. The lowest BCUT2D eigenvalue weighted by Crippen LogP contribution is -2.10. The molecule has 0 aliphatic heterocycles. The number of nitrogens with two attached hydrogens (primary N) is 2. The number of hydrogen-bond donors (Lipinski definition) is 3. The first-order valence-corrected chi connectivity index (χ1v) is 10.4. The van der Waals surface area contributed by atoms with Gasteiger partial charge in [-0.3, -0.25) is 0 Å². The molecule has 1 aliphatic rings. The van der Waals surface area contributed by atoms with E-state index in [2.05, 4.69) is 46.3 Å². The van der Waals surface area contributed by atoms with Crippen LogP contribution < -0.4 is 16.8 Å². The van der Waals surface area contributed by atoms with Crippen LogP contribution in [0.5, 0.6) is 0 Å². The first kappa shape index (κ1) is 21.1. The zero-order chi connectivity index (χ0) is 21.0. The van der Waals surface area contributed by atoms with Crippen molar-refractivity contribution in [1.29, 1.82) is 0 Å². The molecule has 6 nitrogen and oxygen atoms in total. The average Bonchev–Trinajstić information content (AvgIpc) is 2.67. The standard InChI is InChI=1S/C22H29ClN6/c1-13-10-19(14(2)9-17(13)16-7-5-4-6-8-16)27-22-26-12-18(23)21(29-22)28-20(25)11-15(3)24/h9-12,16H,4-8,24H2,1-3H3,(H3,25,26,27,28,29)/b15-11-. The molecule has 0 unspecified atom stereocenters. The third kappa shape index (κ3) is 5.48. The molecule has 0 radical (unpaired) electrons. The third-order valence-corrected chi connectivity index (χ3v) is 5.51. The van der Waals surface area contributed by atoms with E-state index in [-0.39, 0.29) is 5.84 Å². The normalized spacial score (nSPS) is 16.1. The molecule has 1 fully saturated rings. The highest BCUT2D eigenvalue weighted by atomic mass is 35.5. The van der Waals surface area contributed by atoms with E-state index in [0.717, 1.165) is 5.69 Å². The predicted octanol–water partition coefficient (Wildman–Crippen LogP) is 5.39. The van der Waals surface area contributed by atoms with Crippen molar-refractivity contribution < 1.29 is 0 Å². The lowest BCUT2D eigenvalue weighted by Gasteiger charge is -2.25. The lowest BCUT2D eigenvalue weighted by molar-refractivity contribution is 0.442. The second-order valence-corrected chi connectivity index (χ2v) is 8.18. The number of aryl methyl sites for hydroxylation is 2. The fourth-order valence-corrected chi connectivity index (χ4v) is 3.96. The number of halogens is 1. The van der Waals surface area contributed by atoms with E-state index in [4.69, 9.17) is 23.1 Å². The third-order valence-electron chi connectivity index (χ3n) is 5.24. The van der Waals surface area contributed by atoms with Gasteiger partial charge in [-0.25, -0.2) is 9.98 Å². The molecule has 154 valence electrons. The van der Waals surface area contributed by atoms with Crippen molar-refractivity contribution in [3.63, 3.8) is 0 Å². The number of amidine groups is 1. The molecule has 1 saturated carbocycles. The van der Waals surface area contributed by atoms with E-state index in [1.807, 2.05) is 0 Å². The van der Waals surface area contributed by atoms with Gasteiger partial charge >= 0.3 is 0 Å². The minimum atomic E-state index is 0.236. The molecule has 0 saturated heterocycles.